The molecule has 21 heavy (non-hydrogen) atoms. The summed E-state index contributed by atoms with van der Waals surface area (Å²) in [6.07, 6.45) is 4.87. The average molecular weight is 300 g/mol. The Kier molecular flexibility index (Phi) is 10.1. The van der Waals surface area contributed by atoms with Crippen molar-refractivity contribution in [1.82, 2.24) is 0 Å². The molecule has 0 saturated carbocycles. The van der Waals surface area contributed by atoms with Crippen LogP contribution in [0.5, 0.6) is 0 Å². The van der Waals surface area contributed by atoms with Gasteiger partial charge in [0.1, 0.15) is 6.10 Å². The second-order valence-electron chi connectivity index (χ2n) is 6.53. The lowest BCUT2D eigenvalue weighted by atomic mass is 9.87. The molecule has 0 aromatic carbocycles. The van der Waals surface area contributed by atoms with Gasteiger partial charge in [-0.15, -0.1) is 0 Å². The Labute approximate surface area is 129 Å². The normalized spacial score (nSPS) is 12.8. The fourth-order valence-corrected chi connectivity index (χ4v) is 2.08. The van der Waals surface area contributed by atoms with Crippen LogP contribution in [-0.4, -0.2) is 24.6 Å². The Morgan fingerprint density at radius 1 is 0.952 bits per heavy atom. The summed E-state index contributed by atoms with van der Waals surface area (Å²) >= 11 is 0. The van der Waals surface area contributed by atoms with Gasteiger partial charge in [-0.05, 0) is 24.7 Å². The molecular formula is C17H32O4. The number of unbranched alkanes of at least 4 members (excludes halogenated alkanes) is 2. The zero-order chi connectivity index (χ0) is 16.3. The lowest BCUT2D eigenvalue weighted by Gasteiger charge is -2.29. The average Bonchev–Trinajstić information content (AvgIpc) is 2.39. The minimum atomic E-state index is -0.226. The molecule has 0 radical (unpaired) electrons. The highest BCUT2D eigenvalue weighted by atomic mass is 16.5. The number of carbonyl (C=O) groups is 2. The van der Waals surface area contributed by atoms with Crippen LogP contribution < -0.4 is 0 Å². The molecule has 0 heterocycles. The van der Waals surface area contributed by atoms with Gasteiger partial charge in [-0.2, -0.15) is 0 Å². The molecule has 0 N–H and O–H groups in total. The minimum Gasteiger partial charge on any atom is -0.466 e. The summed E-state index contributed by atoms with van der Waals surface area (Å²) in [4.78, 5) is 23.2. The molecule has 0 saturated heterocycles. The SMILES string of the molecule is CCCCCOC(=O)CCCC(=O)OC(CC)C(C)(C)C. The predicted octanol–water partition coefficient (Wildman–Crippen LogP) is 4.26. The highest BCUT2D eigenvalue weighted by Crippen LogP contribution is 2.25. The van der Waals surface area contributed by atoms with Crippen molar-refractivity contribution in [2.75, 3.05) is 6.61 Å². The van der Waals surface area contributed by atoms with Crippen molar-refractivity contribution < 1.29 is 19.1 Å². The molecule has 0 amide bonds. The molecule has 0 aliphatic carbocycles. The number of carbonyl (C=O) groups excluding carboxylic acids is 2. The molecule has 0 bridgehead atoms. The molecule has 0 fully saturated rings. The summed E-state index contributed by atoms with van der Waals surface area (Å²) in [5.41, 5.74) is -0.0530. The first kappa shape index (κ1) is 19.9. The first-order chi connectivity index (χ1) is 9.81. The molecule has 4 heteroatoms. The second-order valence-corrected chi connectivity index (χ2v) is 6.53. The quantitative estimate of drug-likeness (QED) is 0.447. The van der Waals surface area contributed by atoms with E-state index in [0.717, 1.165) is 25.7 Å². The number of rotatable bonds is 10. The molecule has 124 valence electrons. The molecule has 0 rings (SSSR count). The van der Waals surface area contributed by atoms with Gasteiger partial charge in [-0.3, -0.25) is 9.59 Å². The van der Waals surface area contributed by atoms with Crippen molar-refractivity contribution in [3.05, 3.63) is 0 Å². The zero-order valence-corrected chi connectivity index (χ0v) is 14.4. The molecule has 1 atom stereocenters. The maximum absolute atomic E-state index is 11.8. The van der Waals surface area contributed by atoms with E-state index in [1.54, 1.807) is 0 Å². The predicted molar refractivity (Wildman–Crippen MR) is 84.0 cm³/mol. The van der Waals surface area contributed by atoms with Crippen LogP contribution in [0.4, 0.5) is 0 Å². The highest BCUT2D eigenvalue weighted by Gasteiger charge is 2.26. The smallest absolute Gasteiger partial charge is 0.306 e. The van der Waals surface area contributed by atoms with Gasteiger partial charge in [0, 0.05) is 12.8 Å². The van der Waals surface area contributed by atoms with E-state index in [-0.39, 0.29) is 36.3 Å². The summed E-state index contributed by atoms with van der Waals surface area (Å²) in [6, 6.07) is 0. The maximum atomic E-state index is 11.8. The van der Waals surface area contributed by atoms with Crippen LogP contribution in [0.25, 0.3) is 0 Å². The van der Waals surface area contributed by atoms with E-state index in [0.29, 0.717) is 13.0 Å². The van der Waals surface area contributed by atoms with Gasteiger partial charge >= 0.3 is 11.9 Å². The number of ether oxygens (including phenoxy) is 2. The fraction of sp³-hybridized carbons (Fsp3) is 0.882. The third-order valence-electron chi connectivity index (χ3n) is 3.38. The van der Waals surface area contributed by atoms with E-state index in [1.807, 2.05) is 6.92 Å². The summed E-state index contributed by atoms with van der Waals surface area (Å²) in [5.74, 6) is -0.447. The minimum absolute atomic E-state index is 0.0530. The van der Waals surface area contributed by atoms with Crippen molar-refractivity contribution in [3.8, 4) is 0 Å². The summed E-state index contributed by atoms with van der Waals surface area (Å²) in [6.45, 7) is 10.8. The zero-order valence-electron chi connectivity index (χ0n) is 14.4. The molecule has 0 aliphatic heterocycles. The van der Waals surface area contributed by atoms with Gasteiger partial charge in [0.05, 0.1) is 6.61 Å². The van der Waals surface area contributed by atoms with E-state index in [2.05, 4.69) is 27.7 Å². The van der Waals surface area contributed by atoms with Crippen LogP contribution >= 0.6 is 0 Å². The van der Waals surface area contributed by atoms with Crippen LogP contribution in [0.15, 0.2) is 0 Å². The summed E-state index contributed by atoms with van der Waals surface area (Å²) < 4.78 is 10.6. The third kappa shape index (κ3) is 10.3. The van der Waals surface area contributed by atoms with E-state index >= 15 is 0 Å². The van der Waals surface area contributed by atoms with Crippen LogP contribution in [0.2, 0.25) is 0 Å². The Morgan fingerprint density at radius 2 is 1.57 bits per heavy atom. The van der Waals surface area contributed by atoms with Crippen molar-refractivity contribution in [2.45, 2.75) is 85.7 Å². The Balaban J connectivity index is 3.81. The topological polar surface area (TPSA) is 52.6 Å². The second kappa shape index (κ2) is 10.6. The van der Waals surface area contributed by atoms with Crippen LogP contribution in [0.3, 0.4) is 0 Å². The Hall–Kier alpha value is -1.06. The molecular weight excluding hydrogens is 268 g/mol. The van der Waals surface area contributed by atoms with Crippen molar-refractivity contribution in [3.63, 3.8) is 0 Å². The van der Waals surface area contributed by atoms with Crippen LogP contribution in [-0.2, 0) is 19.1 Å². The largest absolute Gasteiger partial charge is 0.466 e. The molecule has 0 aromatic rings. The van der Waals surface area contributed by atoms with E-state index in [9.17, 15) is 9.59 Å². The Morgan fingerprint density at radius 3 is 2.10 bits per heavy atom. The van der Waals surface area contributed by atoms with Gasteiger partial charge in [0.2, 0.25) is 0 Å². The van der Waals surface area contributed by atoms with Gasteiger partial charge in [0.25, 0.3) is 0 Å². The standard InChI is InChI=1S/C17H32O4/c1-6-8-9-13-20-15(18)11-10-12-16(19)21-14(7-2)17(3,4)5/h14H,6-13H2,1-5H3. The maximum Gasteiger partial charge on any atom is 0.306 e. The molecule has 0 aromatic heterocycles. The monoisotopic (exact) mass is 300 g/mol. The van der Waals surface area contributed by atoms with Crippen molar-refractivity contribution >= 4 is 11.9 Å². The van der Waals surface area contributed by atoms with E-state index in [4.69, 9.17) is 9.47 Å². The van der Waals surface area contributed by atoms with Gasteiger partial charge < -0.3 is 9.47 Å². The lowest BCUT2D eigenvalue weighted by molar-refractivity contribution is -0.155. The van der Waals surface area contributed by atoms with Gasteiger partial charge in [-0.25, -0.2) is 0 Å². The molecule has 0 aliphatic rings. The fourth-order valence-electron chi connectivity index (χ4n) is 2.08. The summed E-state index contributed by atoms with van der Waals surface area (Å²) in [5, 5.41) is 0. The summed E-state index contributed by atoms with van der Waals surface area (Å²) in [7, 11) is 0. The molecule has 4 nitrogen and oxygen atoms in total. The first-order valence-corrected chi connectivity index (χ1v) is 8.16. The van der Waals surface area contributed by atoms with E-state index in [1.165, 1.54) is 0 Å². The Bertz CT molecular complexity index is 304. The van der Waals surface area contributed by atoms with Crippen LogP contribution in [0.1, 0.15) is 79.6 Å². The lowest BCUT2D eigenvalue weighted by Crippen LogP contribution is -2.31. The van der Waals surface area contributed by atoms with E-state index < -0.39 is 0 Å². The van der Waals surface area contributed by atoms with Crippen molar-refractivity contribution in [1.29, 1.82) is 0 Å². The third-order valence-corrected chi connectivity index (χ3v) is 3.38. The van der Waals surface area contributed by atoms with Gasteiger partial charge in [0.15, 0.2) is 0 Å². The van der Waals surface area contributed by atoms with Crippen molar-refractivity contribution in [2.24, 2.45) is 5.41 Å². The first-order valence-electron chi connectivity index (χ1n) is 8.16. The number of hydrogen-bond acceptors (Lipinski definition) is 4. The molecule has 1 unspecified atom stereocenters. The highest BCUT2D eigenvalue weighted by molar-refractivity contribution is 5.72. The number of hydrogen-bond donors (Lipinski definition) is 0. The number of esters is 2. The molecule has 0 spiro atoms. The van der Waals surface area contributed by atoms with Gasteiger partial charge in [-0.1, -0.05) is 47.5 Å². The van der Waals surface area contributed by atoms with Crippen LogP contribution in [0, 0.1) is 5.41 Å².